The minimum atomic E-state index is -0.0169. The maximum atomic E-state index is 13.6. The van der Waals surface area contributed by atoms with Crippen LogP contribution in [0.4, 0.5) is 0 Å². The molecular formula is C41H46N6O3. The molecule has 5 heterocycles. The highest BCUT2D eigenvalue weighted by Crippen LogP contribution is 2.42. The van der Waals surface area contributed by atoms with Gasteiger partial charge in [0.15, 0.2) is 0 Å². The van der Waals surface area contributed by atoms with Crippen LogP contribution >= 0.6 is 0 Å². The van der Waals surface area contributed by atoms with E-state index in [1.165, 1.54) is 33.2 Å². The summed E-state index contributed by atoms with van der Waals surface area (Å²) >= 11 is 0. The van der Waals surface area contributed by atoms with Gasteiger partial charge in [-0.25, -0.2) is 9.97 Å². The molecule has 9 nitrogen and oxygen atoms in total. The molecule has 4 atom stereocenters. The number of aromatic nitrogens is 4. The summed E-state index contributed by atoms with van der Waals surface area (Å²) in [5.41, 5.74) is 9.58. The number of nitrogens with one attached hydrogen (secondary N) is 2. The summed E-state index contributed by atoms with van der Waals surface area (Å²) in [6.45, 7) is 5.81. The number of carbonyl (C=O) groups excluding carboxylic acids is 2. The van der Waals surface area contributed by atoms with Gasteiger partial charge in [-0.15, -0.1) is 0 Å². The van der Waals surface area contributed by atoms with Crippen LogP contribution in [0.15, 0.2) is 48.7 Å². The maximum absolute atomic E-state index is 13.6. The van der Waals surface area contributed by atoms with Crippen LogP contribution in [0.5, 0.6) is 0 Å². The van der Waals surface area contributed by atoms with E-state index in [2.05, 4.69) is 71.2 Å². The number of carbonyl (C=O) groups is 2. The molecule has 3 aliphatic heterocycles. The van der Waals surface area contributed by atoms with E-state index in [0.717, 1.165) is 111 Å². The Balaban J connectivity index is 1.00. The number of fused-ring (bicyclic) bond motifs is 4. The summed E-state index contributed by atoms with van der Waals surface area (Å²) in [7, 11) is 0. The summed E-state index contributed by atoms with van der Waals surface area (Å²) < 4.78 is 5.53. The molecule has 3 saturated heterocycles. The molecule has 4 unspecified atom stereocenters. The first-order valence-electron chi connectivity index (χ1n) is 18.7. The van der Waals surface area contributed by atoms with Crippen LogP contribution < -0.4 is 0 Å². The molecule has 0 spiro atoms. The van der Waals surface area contributed by atoms with E-state index >= 15 is 0 Å². The van der Waals surface area contributed by atoms with Crippen molar-refractivity contribution >= 4 is 34.1 Å². The van der Waals surface area contributed by atoms with E-state index in [4.69, 9.17) is 14.7 Å². The van der Waals surface area contributed by atoms with Crippen molar-refractivity contribution < 1.29 is 14.3 Å². The molecule has 3 aromatic carbocycles. The minimum Gasteiger partial charge on any atom is -0.381 e. The van der Waals surface area contributed by atoms with Gasteiger partial charge in [-0.2, -0.15) is 0 Å². The molecule has 5 aromatic rings. The minimum absolute atomic E-state index is 0.0169. The average Bonchev–Trinajstić information content (AvgIpc) is 3.98. The lowest BCUT2D eigenvalue weighted by Crippen LogP contribution is -2.37. The highest BCUT2D eigenvalue weighted by molar-refractivity contribution is 6.05. The smallest absolute Gasteiger partial charge is 0.223 e. The Morgan fingerprint density at radius 2 is 1.66 bits per heavy atom. The van der Waals surface area contributed by atoms with Gasteiger partial charge < -0.3 is 24.5 Å². The first kappa shape index (κ1) is 31.5. The van der Waals surface area contributed by atoms with Gasteiger partial charge in [0.05, 0.1) is 35.0 Å². The summed E-state index contributed by atoms with van der Waals surface area (Å²) in [4.78, 5) is 46.5. The number of hydrogen-bond donors (Lipinski definition) is 2. The van der Waals surface area contributed by atoms with Crippen LogP contribution in [0.1, 0.15) is 100 Å². The van der Waals surface area contributed by atoms with E-state index in [0.29, 0.717) is 12.3 Å². The molecule has 50 heavy (non-hydrogen) atoms. The Hall–Kier alpha value is -4.50. The van der Waals surface area contributed by atoms with Gasteiger partial charge in [0.25, 0.3) is 0 Å². The fourth-order valence-electron chi connectivity index (χ4n) is 9.45. The molecule has 2 amide bonds. The Morgan fingerprint density at radius 1 is 0.880 bits per heavy atom. The van der Waals surface area contributed by atoms with E-state index in [9.17, 15) is 9.59 Å². The highest BCUT2D eigenvalue weighted by atomic mass is 16.5. The monoisotopic (exact) mass is 670 g/mol. The molecule has 2 aromatic heterocycles. The quantitative estimate of drug-likeness (QED) is 0.172. The number of aromatic amines is 2. The molecule has 3 fully saturated rings. The van der Waals surface area contributed by atoms with Crippen molar-refractivity contribution in [2.24, 2.45) is 5.92 Å². The Morgan fingerprint density at radius 3 is 2.50 bits per heavy atom. The van der Waals surface area contributed by atoms with Crippen LogP contribution in [0.25, 0.3) is 44.2 Å². The molecule has 0 radical (unpaired) electrons. The van der Waals surface area contributed by atoms with Gasteiger partial charge >= 0.3 is 0 Å². The van der Waals surface area contributed by atoms with E-state index < -0.39 is 0 Å². The number of imidazole rings is 2. The van der Waals surface area contributed by atoms with Gasteiger partial charge in [0.2, 0.25) is 12.3 Å². The van der Waals surface area contributed by atoms with Gasteiger partial charge in [-0.05, 0) is 117 Å². The van der Waals surface area contributed by atoms with Crippen molar-refractivity contribution in [1.82, 2.24) is 29.7 Å². The number of nitrogens with zero attached hydrogens (tertiary/aromatic N) is 4. The number of likely N-dealkylation sites (tertiary alicyclic amines) is 2. The van der Waals surface area contributed by atoms with Gasteiger partial charge in [-0.1, -0.05) is 30.3 Å². The maximum Gasteiger partial charge on any atom is 0.223 e. The van der Waals surface area contributed by atoms with Crippen LogP contribution in [0.2, 0.25) is 0 Å². The summed E-state index contributed by atoms with van der Waals surface area (Å²) in [6.07, 6.45) is 12.6. The average molecular weight is 671 g/mol. The molecule has 0 bridgehead atoms. The lowest BCUT2D eigenvalue weighted by molar-refractivity contribution is -0.135. The van der Waals surface area contributed by atoms with Crippen LogP contribution in [0, 0.1) is 5.92 Å². The zero-order valence-electron chi connectivity index (χ0n) is 29.1. The van der Waals surface area contributed by atoms with Crippen molar-refractivity contribution in [2.45, 2.75) is 102 Å². The second-order valence-corrected chi connectivity index (χ2v) is 15.2. The number of H-pyrrole nitrogens is 2. The fraction of sp³-hybridized carbons (Fsp3) is 0.463. The van der Waals surface area contributed by atoms with Crippen LogP contribution in [-0.2, 0) is 27.2 Å². The third kappa shape index (κ3) is 5.32. The van der Waals surface area contributed by atoms with Crippen molar-refractivity contribution in [3.63, 3.8) is 0 Å². The number of hydrogen-bond acceptors (Lipinski definition) is 5. The first-order valence-corrected chi connectivity index (χ1v) is 18.7. The Labute approximate surface area is 292 Å². The predicted molar refractivity (Wildman–Crippen MR) is 194 cm³/mol. The zero-order chi connectivity index (χ0) is 33.9. The number of ether oxygens (including phenoxy) is 1. The third-order valence-electron chi connectivity index (χ3n) is 12.2. The summed E-state index contributed by atoms with van der Waals surface area (Å²) in [5, 5.41) is 2.29. The van der Waals surface area contributed by atoms with Crippen molar-refractivity contribution in [2.75, 3.05) is 13.2 Å². The van der Waals surface area contributed by atoms with Gasteiger partial charge in [0, 0.05) is 42.7 Å². The standard InChI is InChI=1S/C41H46N6O3/c1-24-6-14-36(46(24)23-48)40-42-22-35(44-40)33-12-11-29(31-4-3-5-32(31)33)27-8-10-30-28(21-27)9-13-34-39(30)45-41(43-34)37-15-7-25(2)47(37)38(49)20-26-16-18-50-19-17-26/h8-13,21-26,36-37H,3-7,14-20H2,1-2H3,(H,42,44)(H,43,45). The zero-order valence-corrected chi connectivity index (χ0v) is 29.1. The third-order valence-corrected chi connectivity index (χ3v) is 12.2. The molecule has 9 rings (SSSR count). The summed E-state index contributed by atoms with van der Waals surface area (Å²) in [5.74, 6) is 2.45. The molecule has 9 heteroatoms. The molecule has 258 valence electrons. The SMILES string of the molecule is CC1CCC(c2ncc(-c3ccc(-c4ccc5c(ccc6[nH]c(C7CCC(C)N7C(=O)CC7CCOCC7)nc65)c4)c4c3CCC4)[nH]2)N1C=O. The lowest BCUT2D eigenvalue weighted by Gasteiger charge is -2.30. The lowest BCUT2D eigenvalue weighted by atomic mass is 9.91. The number of benzene rings is 3. The normalized spacial score (nSPS) is 24.1. The van der Waals surface area contributed by atoms with E-state index in [-0.39, 0.29) is 30.1 Å². The van der Waals surface area contributed by atoms with Crippen LogP contribution in [0.3, 0.4) is 0 Å². The predicted octanol–water partition coefficient (Wildman–Crippen LogP) is 7.81. The van der Waals surface area contributed by atoms with Crippen molar-refractivity contribution in [3.05, 3.63) is 71.4 Å². The largest absolute Gasteiger partial charge is 0.381 e. The highest BCUT2D eigenvalue weighted by Gasteiger charge is 2.38. The Kier molecular flexibility index (Phi) is 7.98. The first-order chi connectivity index (χ1) is 24.5. The summed E-state index contributed by atoms with van der Waals surface area (Å²) in [6, 6.07) is 16.1. The topological polar surface area (TPSA) is 107 Å². The van der Waals surface area contributed by atoms with E-state index in [1.54, 1.807) is 0 Å². The fourth-order valence-corrected chi connectivity index (χ4v) is 9.45. The molecular weight excluding hydrogens is 624 g/mol. The van der Waals surface area contributed by atoms with E-state index in [1.807, 2.05) is 11.1 Å². The van der Waals surface area contributed by atoms with Crippen molar-refractivity contribution in [1.29, 1.82) is 0 Å². The Bertz CT molecular complexity index is 2090. The number of rotatable bonds is 7. The number of amides is 2. The molecule has 0 saturated carbocycles. The second-order valence-electron chi connectivity index (χ2n) is 15.2. The van der Waals surface area contributed by atoms with Crippen LogP contribution in [-0.4, -0.2) is 67.4 Å². The molecule has 2 N–H and O–H groups in total. The van der Waals surface area contributed by atoms with Crippen molar-refractivity contribution in [3.8, 4) is 22.4 Å². The molecule has 1 aliphatic carbocycles. The van der Waals surface area contributed by atoms with Gasteiger partial charge in [-0.3, -0.25) is 9.59 Å². The second kappa shape index (κ2) is 12.7. The van der Waals surface area contributed by atoms with Gasteiger partial charge in [0.1, 0.15) is 11.6 Å². The molecule has 4 aliphatic rings.